The van der Waals surface area contributed by atoms with Crippen molar-refractivity contribution < 1.29 is 25.0 Å². The van der Waals surface area contributed by atoms with E-state index < -0.39 is 0 Å². The average molecular weight is 234 g/mol. The first-order valence-electron chi connectivity index (χ1n) is 4.83. The van der Waals surface area contributed by atoms with Gasteiger partial charge in [0.25, 0.3) is 0 Å². The van der Waals surface area contributed by atoms with Crippen LogP contribution in [-0.4, -0.2) is 10.2 Å². The normalized spacial score (nSPS) is 9.88. The molecule has 0 heterocycles. The van der Waals surface area contributed by atoms with Gasteiger partial charge in [-0.3, -0.25) is 9.78 Å². The van der Waals surface area contributed by atoms with Crippen molar-refractivity contribution >= 4 is 0 Å². The van der Waals surface area contributed by atoms with E-state index in [0.29, 0.717) is 11.5 Å². The number of rotatable bonds is 4. The van der Waals surface area contributed by atoms with Crippen molar-refractivity contribution in [3.8, 4) is 23.0 Å². The zero-order chi connectivity index (χ0) is 12.1. The Balaban J connectivity index is 1.83. The zero-order valence-electron chi connectivity index (χ0n) is 8.74. The van der Waals surface area contributed by atoms with Crippen molar-refractivity contribution in [2.45, 2.75) is 0 Å². The first-order chi connectivity index (χ1) is 8.24. The smallest absolute Gasteiger partial charge is 0.169 e. The molecule has 0 aliphatic heterocycles. The van der Waals surface area contributed by atoms with Gasteiger partial charge in [-0.2, -0.15) is 0 Å². The summed E-state index contributed by atoms with van der Waals surface area (Å²) in [5.74, 6) is 1.05. The van der Waals surface area contributed by atoms with Gasteiger partial charge in [0.1, 0.15) is 11.5 Å². The second kappa shape index (κ2) is 5.09. The van der Waals surface area contributed by atoms with Crippen LogP contribution < -0.4 is 9.78 Å². The quantitative estimate of drug-likeness (QED) is 0.628. The third-order valence-electron chi connectivity index (χ3n) is 1.93. The van der Waals surface area contributed by atoms with Crippen LogP contribution in [-0.2, 0) is 5.04 Å². The molecular weight excluding hydrogens is 224 g/mol. The summed E-state index contributed by atoms with van der Waals surface area (Å²) >= 11 is 0. The molecule has 0 fully saturated rings. The van der Waals surface area contributed by atoms with Gasteiger partial charge >= 0.3 is 0 Å². The molecule has 0 saturated carbocycles. The van der Waals surface area contributed by atoms with Crippen molar-refractivity contribution in [3.05, 3.63) is 48.5 Å². The highest BCUT2D eigenvalue weighted by molar-refractivity contribution is 5.30. The Kier molecular flexibility index (Phi) is 3.32. The molecule has 2 N–H and O–H groups in total. The molecule has 0 aliphatic rings. The maximum atomic E-state index is 9.03. The Morgan fingerprint density at radius 3 is 1.29 bits per heavy atom. The molecule has 0 unspecified atom stereocenters. The van der Waals surface area contributed by atoms with E-state index >= 15 is 0 Å². The van der Waals surface area contributed by atoms with Gasteiger partial charge in [0.05, 0.1) is 0 Å². The van der Waals surface area contributed by atoms with E-state index in [9.17, 15) is 0 Å². The molecule has 0 radical (unpaired) electrons. The van der Waals surface area contributed by atoms with Crippen LogP contribution in [0.2, 0.25) is 0 Å². The number of hydrogen-bond donors (Lipinski definition) is 2. The summed E-state index contributed by atoms with van der Waals surface area (Å²) in [5.41, 5.74) is 0. The number of aromatic hydroxyl groups is 2. The SMILES string of the molecule is Oc1ccc(OOOc2ccc(O)cc2)cc1. The zero-order valence-corrected chi connectivity index (χ0v) is 8.74. The van der Waals surface area contributed by atoms with Crippen LogP contribution in [0.5, 0.6) is 23.0 Å². The Labute approximate surface area is 97.3 Å². The molecule has 0 atom stereocenters. The highest BCUT2D eigenvalue weighted by atomic mass is 17.5. The lowest BCUT2D eigenvalue weighted by atomic mass is 10.3. The molecule has 5 nitrogen and oxygen atoms in total. The van der Waals surface area contributed by atoms with Crippen molar-refractivity contribution in [1.82, 2.24) is 0 Å². The molecule has 2 aromatic carbocycles. The van der Waals surface area contributed by atoms with E-state index in [2.05, 4.69) is 5.04 Å². The third-order valence-corrected chi connectivity index (χ3v) is 1.93. The number of benzene rings is 2. The first-order valence-corrected chi connectivity index (χ1v) is 4.83. The number of phenols is 2. The van der Waals surface area contributed by atoms with E-state index in [-0.39, 0.29) is 11.5 Å². The van der Waals surface area contributed by atoms with Crippen LogP contribution in [0, 0.1) is 0 Å². The van der Waals surface area contributed by atoms with Gasteiger partial charge in [0.15, 0.2) is 11.5 Å². The molecular formula is C12H10O5. The minimum Gasteiger partial charge on any atom is -0.508 e. The second-order valence-electron chi connectivity index (χ2n) is 3.22. The maximum absolute atomic E-state index is 9.03. The predicted molar refractivity (Wildman–Crippen MR) is 58.6 cm³/mol. The molecule has 0 aliphatic carbocycles. The fraction of sp³-hybridized carbons (Fsp3) is 0. The summed E-state index contributed by atoms with van der Waals surface area (Å²) in [7, 11) is 0. The first kappa shape index (κ1) is 11.1. The topological polar surface area (TPSA) is 68.2 Å². The predicted octanol–water partition coefficient (Wildman–Crippen LogP) is 2.40. The van der Waals surface area contributed by atoms with Crippen LogP contribution in [0.4, 0.5) is 0 Å². The second-order valence-corrected chi connectivity index (χ2v) is 3.22. The standard InChI is InChI=1S/C12H10O5/c13-9-1-5-11(6-2-9)15-17-16-12-7-3-10(14)4-8-12/h1-8,13-14H. The van der Waals surface area contributed by atoms with Gasteiger partial charge in [-0.25, -0.2) is 0 Å². The van der Waals surface area contributed by atoms with E-state index in [1.807, 2.05) is 0 Å². The van der Waals surface area contributed by atoms with Crippen LogP contribution in [0.1, 0.15) is 0 Å². The lowest BCUT2D eigenvalue weighted by molar-refractivity contribution is -0.411. The van der Waals surface area contributed by atoms with Gasteiger partial charge in [-0.15, -0.1) is 0 Å². The summed E-state index contributed by atoms with van der Waals surface area (Å²) in [5, 5.41) is 22.6. The Bertz CT molecular complexity index is 418. The molecule has 2 aromatic rings. The van der Waals surface area contributed by atoms with Gasteiger partial charge in [-0.1, -0.05) is 0 Å². The summed E-state index contributed by atoms with van der Waals surface area (Å²) in [6.07, 6.45) is 0. The molecule has 0 saturated heterocycles. The molecule has 0 bridgehead atoms. The molecule has 2 rings (SSSR count). The Hall–Kier alpha value is -2.40. The molecule has 88 valence electrons. The third kappa shape index (κ3) is 3.29. The highest BCUT2D eigenvalue weighted by Gasteiger charge is 1.98. The molecule has 0 aromatic heterocycles. The summed E-state index contributed by atoms with van der Waals surface area (Å²) in [6.45, 7) is 0. The number of hydrogen-bond acceptors (Lipinski definition) is 5. The van der Waals surface area contributed by atoms with Crippen molar-refractivity contribution in [2.75, 3.05) is 0 Å². The lowest BCUT2D eigenvalue weighted by Gasteiger charge is -2.04. The fourth-order valence-corrected chi connectivity index (χ4v) is 1.10. The molecule has 0 amide bonds. The van der Waals surface area contributed by atoms with Gasteiger partial charge in [0.2, 0.25) is 0 Å². The minimum atomic E-state index is 0.136. The van der Waals surface area contributed by atoms with Crippen molar-refractivity contribution in [2.24, 2.45) is 0 Å². The minimum absolute atomic E-state index is 0.136. The molecule has 0 spiro atoms. The molecule has 17 heavy (non-hydrogen) atoms. The highest BCUT2D eigenvalue weighted by Crippen LogP contribution is 2.18. The summed E-state index contributed by atoms with van der Waals surface area (Å²) < 4.78 is 0. The Morgan fingerprint density at radius 1 is 0.588 bits per heavy atom. The van der Waals surface area contributed by atoms with E-state index in [0.717, 1.165) is 0 Å². The van der Waals surface area contributed by atoms with E-state index in [1.54, 1.807) is 0 Å². The summed E-state index contributed by atoms with van der Waals surface area (Å²) in [6, 6.07) is 11.9. The van der Waals surface area contributed by atoms with Crippen LogP contribution in [0.3, 0.4) is 0 Å². The lowest BCUT2D eigenvalue weighted by Crippen LogP contribution is -2.01. The van der Waals surface area contributed by atoms with Gasteiger partial charge in [-0.05, 0) is 48.5 Å². The fourth-order valence-electron chi connectivity index (χ4n) is 1.10. The molecule has 5 heteroatoms. The van der Waals surface area contributed by atoms with Crippen LogP contribution >= 0.6 is 0 Å². The van der Waals surface area contributed by atoms with E-state index in [4.69, 9.17) is 20.0 Å². The van der Waals surface area contributed by atoms with Gasteiger partial charge in [0, 0.05) is 5.04 Å². The largest absolute Gasteiger partial charge is 0.508 e. The number of phenolic OH excluding ortho intramolecular Hbond substituents is 2. The van der Waals surface area contributed by atoms with Crippen LogP contribution in [0.25, 0.3) is 0 Å². The van der Waals surface area contributed by atoms with Crippen molar-refractivity contribution in [3.63, 3.8) is 0 Å². The van der Waals surface area contributed by atoms with Crippen molar-refractivity contribution in [1.29, 1.82) is 0 Å². The summed E-state index contributed by atoms with van der Waals surface area (Å²) in [4.78, 5) is 9.60. The van der Waals surface area contributed by atoms with Crippen LogP contribution in [0.15, 0.2) is 48.5 Å². The van der Waals surface area contributed by atoms with E-state index in [1.165, 1.54) is 48.5 Å². The monoisotopic (exact) mass is 234 g/mol. The maximum Gasteiger partial charge on any atom is 0.169 e. The Morgan fingerprint density at radius 2 is 0.941 bits per heavy atom. The average Bonchev–Trinajstić information content (AvgIpc) is 2.34. The van der Waals surface area contributed by atoms with Gasteiger partial charge < -0.3 is 10.2 Å².